The largest absolute Gasteiger partial charge is 1.00 e. The van der Waals surface area contributed by atoms with E-state index in [4.69, 9.17) is 4.42 Å². The topological polar surface area (TPSA) is 56.5 Å². The van der Waals surface area contributed by atoms with Crippen LogP contribution >= 0.6 is 0 Å². The minimum Gasteiger partial charge on any atom is -0.530 e. The number of rotatable bonds is 0. The maximum Gasteiger partial charge on any atom is 1.00 e. The monoisotopic (exact) mass is 189 g/mol. The molecule has 4 nitrogen and oxygen atoms in total. The van der Waals surface area contributed by atoms with Gasteiger partial charge in [0.1, 0.15) is 11.9 Å². The van der Waals surface area contributed by atoms with Crippen molar-refractivity contribution in [3.8, 4) is 0 Å². The molecule has 1 amide bonds. The van der Waals surface area contributed by atoms with Gasteiger partial charge in [0.05, 0.1) is 12.8 Å². The number of hydrogen-bond acceptors (Lipinski definition) is 3. The number of hydrogen-bond donors (Lipinski definition) is 0. The van der Waals surface area contributed by atoms with E-state index in [0.717, 1.165) is 17.7 Å². The molecule has 0 N–H and O–H groups in total. The standard InChI is InChI=1S/C8H9NO3.Na/c10-8(11)9-3-1-6-2-4-12-7(6)5-9;/h2,4H,1,3,5H2,(H,10,11);/q;+1/p-1. The van der Waals surface area contributed by atoms with Crippen LogP contribution in [0.15, 0.2) is 16.7 Å². The molecule has 0 bridgehead atoms. The Hall–Kier alpha value is -0.450. The molecule has 2 heterocycles. The van der Waals surface area contributed by atoms with Crippen molar-refractivity contribution in [2.45, 2.75) is 13.0 Å². The first-order valence-corrected chi connectivity index (χ1v) is 3.78. The smallest absolute Gasteiger partial charge is 0.530 e. The van der Waals surface area contributed by atoms with Crippen LogP contribution in [0, 0.1) is 0 Å². The number of amides is 1. The van der Waals surface area contributed by atoms with Crippen LogP contribution in [-0.4, -0.2) is 17.5 Å². The fourth-order valence-corrected chi connectivity index (χ4v) is 1.39. The number of carbonyl (C=O) groups excluding carboxylic acids is 1. The van der Waals surface area contributed by atoms with Gasteiger partial charge in [-0.2, -0.15) is 0 Å². The van der Waals surface area contributed by atoms with Gasteiger partial charge >= 0.3 is 29.6 Å². The third-order valence-electron chi connectivity index (χ3n) is 2.08. The Morgan fingerprint density at radius 1 is 1.62 bits per heavy atom. The first-order valence-electron chi connectivity index (χ1n) is 3.78. The molecule has 0 spiro atoms. The molecule has 1 aromatic rings. The van der Waals surface area contributed by atoms with Gasteiger partial charge in [0.15, 0.2) is 0 Å². The second-order valence-electron chi connectivity index (χ2n) is 2.81. The predicted molar refractivity (Wildman–Crippen MR) is 38.2 cm³/mol. The first kappa shape index (κ1) is 10.6. The summed E-state index contributed by atoms with van der Waals surface area (Å²) in [7, 11) is 0. The van der Waals surface area contributed by atoms with Crippen LogP contribution < -0.4 is 34.7 Å². The molecule has 1 aliphatic rings. The summed E-state index contributed by atoms with van der Waals surface area (Å²) in [4.78, 5) is 11.7. The van der Waals surface area contributed by atoms with Crippen LogP contribution in [0.5, 0.6) is 0 Å². The van der Waals surface area contributed by atoms with E-state index < -0.39 is 6.09 Å². The SMILES string of the molecule is O=C([O-])N1CCc2ccoc2C1.[Na+]. The van der Waals surface area contributed by atoms with Crippen LogP contribution in [-0.2, 0) is 13.0 Å². The van der Waals surface area contributed by atoms with Gasteiger partial charge in [-0.25, -0.2) is 0 Å². The van der Waals surface area contributed by atoms with E-state index in [2.05, 4.69) is 0 Å². The molecular formula is C8H8NNaO3. The van der Waals surface area contributed by atoms with E-state index in [9.17, 15) is 9.90 Å². The average Bonchev–Trinajstić information content (AvgIpc) is 2.49. The summed E-state index contributed by atoms with van der Waals surface area (Å²) in [5.41, 5.74) is 1.10. The zero-order valence-electron chi connectivity index (χ0n) is 7.45. The number of furan rings is 1. The molecule has 1 aliphatic heterocycles. The molecule has 1 aromatic heterocycles. The molecule has 64 valence electrons. The van der Waals surface area contributed by atoms with E-state index in [0.29, 0.717) is 13.1 Å². The summed E-state index contributed by atoms with van der Waals surface area (Å²) >= 11 is 0. The van der Waals surface area contributed by atoms with Gasteiger partial charge in [-0.05, 0) is 18.1 Å². The second-order valence-corrected chi connectivity index (χ2v) is 2.81. The number of fused-ring (bicyclic) bond motifs is 1. The van der Waals surface area contributed by atoms with Crippen LogP contribution in [0.1, 0.15) is 11.3 Å². The van der Waals surface area contributed by atoms with E-state index in [1.165, 1.54) is 4.90 Å². The van der Waals surface area contributed by atoms with Crippen molar-refractivity contribution in [1.82, 2.24) is 4.90 Å². The molecular weight excluding hydrogens is 181 g/mol. The Bertz CT molecular complexity index is 310. The molecule has 0 radical (unpaired) electrons. The van der Waals surface area contributed by atoms with Gasteiger partial charge in [-0.15, -0.1) is 0 Å². The molecule has 0 atom stereocenters. The number of carbonyl (C=O) groups is 1. The molecule has 0 aromatic carbocycles. The minimum absolute atomic E-state index is 0. The Labute approximate surface area is 97.8 Å². The van der Waals surface area contributed by atoms with E-state index in [-0.39, 0.29) is 29.6 Å². The molecule has 0 unspecified atom stereocenters. The average molecular weight is 189 g/mol. The van der Waals surface area contributed by atoms with Crippen molar-refractivity contribution in [1.29, 1.82) is 0 Å². The van der Waals surface area contributed by atoms with Crippen molar-refractivity contribution in [2.75, 3.05) is 6.54 Å². The summed E-state index contributed by atoms with van der Waals surface area (Å²) in [6.45, 7) is 0.833. The number of carboxylic acid groups (broad SMARTS) is 1. The molecule has 0 saturated carbocycles. The van der Waals surface area contributed by atoms with Crippen LogP contribution in [0.3, 0.4) is 0 Å². The van der Waals surface area contributed by atoms with Gasteiger partial charge < -0.3 is 19.2 Å². The normalized spacial score (nSPS) is 14.6. The molecule has 2 rings (SSSR count). The van der Waals surface area contributed by atoms with Crippen LogP contribution in [0.2, 0.25) is 0 Å². The summed E-state index contributed by atoms with van der Waals surface area (Å²) in [6, 6.07) is 1.88. The summed E-state index contributed by atoms with van der Waals surface area (Å²) in [5, 5.41) is 10.5. The third kappa shape index (κ3) is 2.07. The fraction of sp³-hybridized carbons (Fsp3) is 0.375. The second kappa shape index (κ2) is 4.17. The van der Waals surface area contributed by atoms with Crippen LogP contribution in [0.4, 0.5) is 4.79 Å². The van der Waals surface area contributed by atoms with Crippen molar-refractivity contribution >= 4 is 6.09 Å². The van der Waals surface area contributed by atoms with E-state index in [1.807, 2.05) is 6.07 Å². The quantitative estimate of drug-likeness (QED) is 0.408. The summed E-state index contributed by atoms with van der Waals surface area (Å²) in [5.74, 6) is 0.741. The van der Waals surface area contributed by atoms with E-state index >= 15 is 0 Å². The maximum absolute atomic E-state index is 10.5. The van der Waals surface area contributed by atoms with E-state index in [1.54, 1.807) is 6.26 Å². The Morgan fingerprint density at radius 3 is 3.08 bits per heavy atom. The van der Waals surface area contributed by atoms with Gasteiger partial charge in [0, 0.05) is 6.54 Å². The molecule has 13 heavy (non-hydrogen) atoms. The molecule has 0 saturated heterocycles. The summed E-state index contributed by atoms with van der Waals surface area (Å²) < 4.78 is 5.10. The Balaban J connectivity index is 0.000000845. The number of nitrogens with zero attached hydrogens (tertiary/aromatic N) is 1. The van der Waals surface area contributed by atoms with Gasteiger partial charge in [-0.3, -0.25) is 0 Å². The maximum atomic E-state index is 10.5. The zero-order valence-corrected chi connectivity index (χ0v) is 9.45. The molecule has 5 heteroatoms. The van der Waals surface area contributed by atoms with Gasteiger partial charge in [-0.1, -0.05) is 0 Å². The van der Waals surface area contributed by atoms with Crippen molar-refractivity contribution in [2.24, 2.45) is 0 Å². The van der Waals surface area contributed by atoms with Crippen molar-refractivity contribution in [3.05, 3.63) is 23.7 Å². The van der Waals surface area contributed by atoms with Crippen molar-refractivity contribution < 1.29 is 43.9 Å². The zero-order chi connectivity index (χ0) is 8.55. The Morgan fingerprint density at radius 2 is 2.38 bits per heavy atom. The third-order valence-corrected chi connectivity index (χ3v) is 2.08. The molecule has 0 aliphatic carbocycles. The minimum atomic E-state index is -1.13. The Kier molecular flexibility index (Phi) is 3.41. The van der Waals surface area contributed by atoms with Crippen molar-refractivity contribution in [3.63, 3.8) is 0 Å². The first-order chi connectivity index (χ1) is 5.77. The predicted octanol–water partition coefficient (Wildman–Crippen LogP) is -3.01. The molecule has 0 fully saturated rings. The fourth-order valence-electron chi connectivity index (χ4n) is 1.39. The van der Waals surface area contributed by atoms with Crippen LogP contribution in [0.25, 0.3) is 0 Å². The van der Waals surface area contributed by atoms with Gasteiger partial charge in [0.2, 0.25) is 0 Å². The van der Waals surface area contributed by atoms with Gasteiger partial charge in [0.25, 0.3) is 0 Å². The summed E-state index contributed by atoms with van der Waals surface area (Å²) in [6.07, 6.45) is 1.18.